The van der Waals surface area contributed by atoms with Crippen LogP contribution in [0.2, 0.25) is 0 Å². The summed E-state index contributed by atoms with van der Waals surface area (Å²) in [7, 11) is 0. The number of nitrogens with one attached hydrogen (secondary N) is 2. The van der Waals surface area contributed by atoms with Gasteiger partial charge in [0.15, 0.2) is 0 Å². The van der Waals surface area contributed by atoms with Gasteiger partial charge >= 0.3 is 0 Å². The van der Waals surface area contributed by atoms with E-state index in [0.717, 1.165) is 16.8 Å². The highest BCUT2D eigenvalue weighted by molar-refractivity contribution is 5.80. The number of aromatic nitrogens is 1. The zero-order chi connectivity index (χ0) is 15.2. The molecule has 0 bridgehead atoms. The first kappa shape index (κ1) is 14.9. The Morgan fingerprint density at radius 2 is 1.62 bits per heavy atom. The van der Waals surface area contributed by atoms with Crippen molar-refractivity contribution in [3.8, 4) is 0 Å². The summed E-state index contributed by atoms with van der Waals surface area (Å²) in [6.07, 6.45) is 0.704. The van der Waals surface area contributed by atoms with Gasteiger partial charge in [0.2, 0.25) is 6.41 Å². The van der Waals surface area contributed by atoms with Crippen LogP contribution in [-0.4, -0.2) is 11.4 Å². The lowest BCUT2D eigenvalue weighted by Crippen LogP contribution is -1.98. The Hall–Kier alpha value is -2.55. The molecule has 0 spiro atoms. The molecule has 108 valence electrons. The Balaban J connectivity index is 0.000000154. The summed E-state index contributed by atoms with van der Waals surface area (Å²) in [5.74, 6) is 0. The van der Waals surface area contributed by atoms with Crippen molar-refractivity contribution in [3.63, 3.8) is 0 Å². The van der Waals surface area contributed by atoms with Crippen LogP contribution >= 0.6 is 0 Å². The Bertz CT molecular complexity index is 691. The normalized spacial score (nSPS) is 9.86. The number of hydrogen-bond donors (Lipinski definition) is 2. The lowest BCUT2D eigenvalue weighted by atomic mass is 10.1. The molecule has 2 N–H and O–H groups in total. The lowest BCUT2D eigenvalue weighted by Gasteiger charge is -2.06. The molecule has 0 atom stereocenters. The van der Waals surface area contributed by atoms with Crippen LogP contribution in [-0.2, 0) is 4.79 Å². The van der Waals surface area contributed by atoms with Crippen molar-refractivity contribution < 1.29 is 4.79 Å². The van der Waals surface area contributed by atoms with Gasteiger partial charge in [-0.05, 0) is 49.4 Å². The number of anilines is 1. The van der Waals surface area contributed by atoms with Gasteiger partial charge in [-0.25, -0.2) is 0 Å². The van der Waals surface area contributed by atoms with Crippen molar-refractivity contribution in [3.05, 3.63) is 65.4 Å². The summed E-state index contributed by atoms with van der Waals surface area (Å²) in [6, 6.07) is 16.3. The molecule has 0 radical (unpaired) electrons. The molecule has 3 rings (SSSR count). The quantitative estimate of drug-likeness (QED) is 0.673. The number of para-hydroxylation sites is 2. The number of aryl methyl sites for hydroxylation is 3. The highest BCUT2D eigenvalue weighted by atomic mass is 16.1. The van der Waals surface area contributed by atoms with E-state index in [0.29, 0.717) is 6.41 Å². The second-order valence-electron chi connectivity index (χ2n) is 5.07. The van der Waals surface area contributed by atoms with Gasteiger partial charge in [0.1, 0.15) is 0 Å². The minimum absolute atomic E-state index is 0.704. The summed E-state index contributed by atoms with van der Waals surface area (Å²) in [6.45, 7) is 6.01. The third-order valence-corrected chi connectivity index (χ3v) is 3.35. The predicted molar refractivity (Wildman–Crippen MR) is 88.6 cm³/mol. The number of H-pyrrole nitrogens is 1. The molecule has 1 aromatic heterocycles. The molecule has 3 heteroatoms. The summed E-state index contributed by atoms with van der Waals surface area (Å²) >= 11 is 0. The average Bonchev–Trinajstić information content (AvgIpc) is 2.84. The molecular weight excluding hydrogens is 260 g/mol. The van der Waals surface area contributed by atoms with Gasteiger partial charge in [0.05, 0.1) is 0 Å². The zero-order valence-corrected chi connectivity index (χ0v) is 12.6. The molecule has 0 aliphatic carbocycles. The van der Waals surface area contributed by atoms with Crippen molar-refractivity contribution in [1.29, 1.82) is 0 Å². The van der Waals surface area contributed by atoms with Gasteiger partial charge in [-0.15, -0.1) is 0 Å². The van der Waals surface area contributed by atoms with Crippen molar-refractivity contribution in [2.45, 2.75) is 20.8 Å². The van der Waals surface area contributed by atoms with Crippen LogP contribution < -0.4 is 5.32 Å². The van der Waals surface area contributed by atoms with Crippen LogP contribution in [0.5, 0.6) is 0 Å². The molecule has 1 amide bonds. The van der Waals surface area contributed by atoms with Crippen LogP contribution in [0.25, 0.3) is 10.9 Å². The second kappa shape index (κ2) is 6.75. The maximum absolute atomic E-state index is 10.2. The van der Waals surface area contributed by atoms with Crippen LogP contribution in [0.3, 0.4) is 0 Å². The molecule has 3 aromatic rings. The second-order valence-corrected chi connectivity index (χ2v) is 5.07. The first-order valence-corrected chi connectivity index (χ1v) is 6.92. The van der Waals surface area contributed by atoms with Gasteiger partial charge in [-0.2, -0.15) is 0 Å². The Labute approximate surface area is 125 Å². The fourth-order valence-corrected chi connectivity index (χ4v) is 2.32. The zero-order valence-electron chi connectivity index (χ0n) is 12.6. The fraction of sp³-hybridized carbons (Fsp3) is 0.167. The predicted octanol–water partition coefficient (Wildman–Crippen LogP) is 4.35. The molecule has 0 saturated heterocycles. The van der Waals surface area contributed by atoms with Crippen molar-refractivity contribution in [2.24, 2.45) is 0 Å². The first-order valence-electron chi connectivity index (χ1n) is 6.92. The highest BCUT2D eigenvalue weighted by Gasteiger charge is 1.98. The van der Waals surface area contributed by atoms with Crippen LogP contribution in [0.1, 0.15) is 16.8 Å². The maximum atomic E-state index is 10.2. The highest BCUT2D eigenvalue weighted by Crippen LogP contribution is 2.18. The number of rotatable bonds is 2. The first-order chi connectivity index (χ1) is 10.1. The molecule has 3 nitrogen and oxygen atoms in total. The number of fused-ring (bicyclic) bond motifs is 1. The van der Waals surface area contributed by atoms with E-state index in [1.165, 1.54) is 16.6 Å². The molecule has 1 heterocycles. The smallest absolute Gasteiger partial charge is 0.211 e. The summed E-state index contributed by atoms with van der Waals surface area (Å²) in [5.41, 5.74) is 5.55. The molecule has 0 fully saturated rings. The molecule has 0 saturated carbocycles. The Morgan fingerprint density at radius 3 is 2.24 bits per heavy atom. The average molecular weight is 280 g/mol. The third-order valence-electron chi connectivity index (χ3n) is 3.35. The van der Waals surface area contributed by atoms with Crippen LogP contribution in [0, 0.1) is 20.8 Å². The standard InChI is InChI=1S/C9H11NO.C9H9N/c1-7-4-3-5-8(2)9(7)10-6-11;1-7-6-8-4-2-3-5-9(8)10-7/h3-6H,1-2H3,(H,10,11);2-6,10H,1H3. The molecular formula is C18H20N2O. The van der Waals surface area contributed by atoms with Crippen molar-refractivity contribution >= 4 is 23.0 Å². The number of benzene rings is 2. The van der Waals surface area contributed by atoms with Gasteiger partial charge in [0, 0.05) is 16.9 Å². The minimum Gasteiger partial charge on any atom is -0.359 e. The number of hydrogen-bond acceptors (Lipinski definition) is 1. The molecule has 0 unspecified atom stereocenters. The van der Waals surface area contributed by atoms with E-state index in [9.17, 15) is 4.79 Å². The van der Waals surface area contributed by atoms with Gasteiger partial charge in [0.25, 0.3) is 0 Å². The molecule has 2 aromatic carbocycles. The number of carbonyl (C=O) groups is 1. The van der Waals surface area contributed by atoms with Crippen molar-refractivity contribution in [2.75, 3.05) is 5.32 Å². The van der Waals surface area contributed by atoms with Crippen molar-refractivity contribution in [1.82, 2.24) is 4.98 Å². The molecule has 0 aliphatic rings. The van der Waals surface area contributed by atoms with Crippen LogP contribution in [0.15, 0.2) is 48.5 Å². The minimum atomic E-state index is 0.704. The Kier molecular flexibility index (Phi) is 4.77. The third kappa shape index (κ3) is 3.72. The monoisotopic (exact) mass is 280 g/mol. The number of aromatic amines is 1. The van der Waals surface area contributed by atoms with E-state index < -0.39 is 0 Å². The maximum Gasteiger partial charge on any atom is 0.211 e. The van der Waals surface area contributed by atoms with Gasteiger partial charge in [-0.3, -0.25) is 4.79 Å². The molecule has 0 aliphatic heterocycles. The lowest BCUT2D eigenvalue weighted by molar-refractivity contribution is -0.105. The Morgan fingerprint density at radius 1 is 0.952 bits per heavy atom. The SMILES string of the molecule is Cc1cc2ccccc2[nH]1.Cc1cccc(C)c1NC=O. The number of amides is 1. The van der Waals surface area contributed by atoms with E-state index in [1.807, 2.05) is 38.1 Å². The largest absolute Gasteiger partial charge is 0.359 e. The van der Waals surface area contributed by atoms with Crippen LogP contribution in [0.4, 0.5) is 5.69 Å². The summed E-state index contributed by atoms with van der Waals surface area (Å²) < 4.78 is 0. The van der Waals surface area contributed by atoms with E-state index >= 15 is 0 Å². The van der Waals surface area contributed by atoms with E-state index in [-0.39, 0.29) is 0 Å². The fourth-order valence-electron chi connectivity index (χ4n) is 2.32. The molecule has 21 heavy (non-hydrogen) atoms. The van der Waals surface area contributed by atoms with Gasteiger partial charge in [-0.1, -0.05) is 36.4 Å². The van der Waals surface area contributed by atoms with E-state index in [4.69, 9.17) is 0 Å². The topological polar surface area (TPSA) is 44.9 Å². The summed E-state index contributed by atoms with van der Waals surface area (Å²) in [5, 5.41) is 3.96. The van der Waals surface area contributed by atoms with E-state index in [2.05, 4.69) is 41.5 Å². The van der Waals surface area contributed by atoms with E-state index in [1.54, 1.807) is 0 Å². The van der Waals surface area contributed by atoms with Gasteiger partial charge < -0.3 is 10.3 Å². The summed E-state index contributed by atoms with van der Waals surface area (Å²) in [4.78, 5) is 13.4. The number of carbonyl (C=O) groups excluding carboxylic acids is 1.